The fraction of sp³-hybridized carbons (Fsp3) is 0.0625. The normalized spacial score (nSPS) is 12.5. The first-order valence-corrected chi connectivity index (χ1v) is 6.42. The molecule has 2 N–H and O–H groups in total. The fourth-order valence-electron chi connectivity index (χ4n) is 1.65. The zero-order valence-electron chi connectivity index (χ0n) is 10.5. The second-order valence-corrected chi connectivity index (χ2v) is 4.47. The highest BCUT2D eigenvalue weighted by atomic mass is 35.5. The molecule has 0 bridgehead atoms. The van der Waals surface area contributed by atoms with Gasteiger partial charge in [-0.25, -0.2) is 4.99 Å². The summed E-state index contributed by atoms with van der Waals surface area (Å²) in [6, 6.07) is 19.6. The quantitative estimate of drug-likeness (QED) is 0.513. The lowest BCUT2D eigenvalue weighted by Gasteiger charge is -2.00. The van der Waals surface area contributed by atoms with Crippen molar-refractivity contribution in [2.75, 3.05) is 0 Å². The third-order valence-electron chi connectivity index (χ3n) is 2.65. The highest BCUT2D eigenvalue weighted by molar-refractivity contribution is 6.30. The molecule has 2 nitrogen and oxygen atoms in total. The Kier molecular flexibility index (Phi) is 4.76. The van der Waals surface area contributed by atoms with Crippen molar-refractivity contribution in [1.82, 2.24) is 0 Å². The zero-order valence-corrected chi connectivity index (χ0v) is 11.2. The molecule has 0 fully saturated rings. The molecule has 0 unspecified atom stereocenters. The zero-order chi connectivity index (χ0) is 13.5. The van der Waals surface area contributed by atoms with E-state index < -0.39 is 0 Å². The highest BCUT2D eigenvalue weighted by Gasteiger charge is 1.97. The summed E-state index contributed by atoms with van der Waals surface area (Å²) >= 11 is 6.07. The van der Waals surface area contributed by atoms with Crippen LogP contribution in [0, 0.1) is 0 Å². The van der Waals surface area contributed by atoms with Crippen molar-refractivity contribution in [1.29, 1.82) is 0 Å². The van der Waals surface area contributed by atoms with Crippen LogP contribution in [0.25, 0.3) is 0 Å². The minimum absolute atomic E-state index is 0.408. The first-order chi connectivity index (χ1) is 9.25. The molecule has 0 aliphatic rings. The third-order valence-corrected chi connectivity index (χ3v) is 2.88. The van der Waals surface area contributed by atoms with Crippen LogP contribution < -0.4 is 5.73 Å². The monoisotopic (exact) mass is 270 g/mol. The van der Waals surface area contributed by atoms with E-state index in [2.05, 4.69) is 4.99 Å². The van der Waals surface area contributed by atoms with Gasteiger partial charge in [0.05, 0.1) is 0 Å². The standard InChI is InChI=1S/C16H15ClN2/c17-15(12-11-13-7-3-1-4-8-13)19-16(18)14-9-5-2-6-10-14/h1-10,12H,11H2,(H2,18,19)/b15-12-. The van der Waals surface area contributed by atoms with E-state index in [0.717, 1.165) is 12.0 Å². The van der Waals surface area contributed by atoms with Crippen LogP contribution in [0.5, 0.6) is 0 Å². The first-order valence-electron chi connectivity index (χ1n) is 6.05. The van der Waals surface area contributed by atoms with Crippen molar-refractivity contribution in [2.45, 2.75) is 6.42 Å². The SMILES string of the molecule is N/C(=N\C(Cl)=C/Cc1ccccc1)c1ccccc1. The van der Waals surface area contributed by atoms with Gasteiger partial charge >= 0.3 is 0 Å². The number of allylic oxidation sites excluding steroid dienone is 1. The van der Waals surface area contributed by atoms with Gasteiger partial charge in [-0.1, -0.05) is 72.3 Å². The summed E-state index contributed by atoms with van der Waals surface area (Å²) in [5.41, 5.74) is 7.95. The number of rotatable bonds is 4. The number of hydrogen-bond donors (Lipinski definition) is 1. The van der Waals surface area contributed by atoms with E-state index in [4.69, 9.17) is 17.3 Å². The molecule has 0 atom stereocenters. The van der Waals surface area contributed by atoms with E-state index in [1.165, 1.54) is 5.56 Å². The summed E-state index contributed by atoms with van der Waals surface area (Å²) in [5.74, 6) is 0.426. The van der Waals surface area contributed by atoms with E-state index in [-0.39, 0.29) is 0 Å². The van der Waals surface area contributed by atoms with E-state index in [0.29, 0.717) is 11.0 Å². The molecule has 2 aromatic rings. The number of benzene rings is 2. The summed E-state index contributed by atoms with van der Waals surface area (Å²) in [7, 11) is 0. The molecule has 0 radical (unpaired) electrons. The third kappa shape index (κ3) is 4.27. The molecule has 0 aromatic heterocycles. The Balaban J connectivity index is 2.06. The predicted octanol–water partition coefficient (Wildman–Crippen LogP) is 3.71. The Bertz CT molecular complexity index is 574. The van der Waals surface area contributed by atoms with E-state index in [1.54, 1.807) is 0 Å². The van der Waals surface area contributed by atoms with E-state index in [9.17, 15) is 0 Å². The number of halogens is 1. The van der Waals surface area contributed by atoms with Crippen LogP contribution in [0.3, 0.4) is 0 Å². The lowest BCUT2D eigenvalue weighted by atomic mass is 10.1. The summed E-state index contributed by atoms with van der Waals surface area (Å²) in [4.78, 5) is 4.18. The van der Waals surface area contributed by atoms with Gasteiger partial charge in [-0.3, -0.25) is 0 Å². The minimum atomic E-state index is 0.408. The molecular formula is C16H15ClN2. The number of nitrogens with two attached hydrogens (primary N) is 1. The Morgan fingerprint density at radius 3 is 2.21 bits per heavy atom. The van der Waals surface area contributed by atoms with Crippen molar-refractivity contribution < 1.29 is 0 Å². The van der Waals surface area contributed by atoms with Gasteiger partial charge in [-0.15, -0.1) is 0 Å². The van der Waals surface area contributed by atoms with Crippen LogP contribution in [-0.4, -0.2) is 5.84 Å². The Labute approximate surface area is 118 Å². The molecule has 3 heteroatoms. The van der Waals surface area contributed by atoms with Crippen molar-refractivity contribution in [2.24, 2.45) is 10.7 Å². The Hall–Kier alpha value is -2.06. The summed E-state index contributed by atoms with van der Waals surface area (Å²) in [6.07, 6.45) is 2.60. The second-order valence-electron chi connectivity index (χ2n) is 4.08. The number of amidine groups is 1. The van der Waals surface area contributed by atoms with Crippen LogP contribution in [0.2, 0.25) is 0 Å². The Morgan fingerprint density at radius 2 is 1.58 bits per heavy atom. The molecule has 2 aromatic carbocycles. The molecular weight excluding hydrogens is 256 g/mol. The van der Waals surface area contributed by atoms with Gasteiger partial charge in [0, 0.05) is 5.56 Å². The Morgan fingerprint density at radius 1 is 1.00 bits per heavy atom. The molecule has 0 spiro atoms. The van der Waals surface area contributed by atoms with Gasteiger partial charge in [0.2, 0.25) is 0 Å². The van der Waals surface area contributed by atoms with Gasteiger partial charge in [-0.05, 0) is 18.1 Å². The van der Waals surface area contributed by atoms with Crippen molar-refractivity contribution >= 4 is 17.4 Å². The lowest BCUT2D eigenvalue weighted by molar-refractivity contribution is 1.24. The van der Waals surface area contributed by atoms with Crippen LogP contribution >= 0.6 is 11.6 Å². The highest BCUT2D eigenvalue weighted by Crippen LogP contribution is 2.09. The van der Waals surface area contributed by atoms with Gasteiger partial charge in [0.15, 0.2) is 0 Å². The van der Waals surface area contributed by atoms with Crippen LogP contribution in [0.15, 0.2) is 76.9 Å². The summed E-state index contributed by atoms with van der Waals surface area (Å²) in [5, 5.41) is 0.408. The molecule has 0 amide bonds. The van der Waals surface area contributed by atoms with E-state index >= 15 is 0 Å². The molecule has 0 saturated heterocycles. The summed E-state index contributed by atoms with van der Waals surface area (Å²) < 4.78 is 0. The minimum Gasteiger partial charge on any atom is -0.383 e. The first kappa shape index (κ1) is 13.4. The fourth-order valence-corrected chi connectivity index (χ4v) is 1.82. The maximum atomic E-state index is 6.07. The van der Waals surface area contributed by atoms with Crippen molar-refractivity contribution in [3.05, 3.63) is 83.0 Å². The largest absolute Gasteiger partial charge is 0.383 e. The van der Waals surface area contributed by atoms with Crippen LogP contribution in [0.1, 0.15) is 11.1 Å². The van der Waals surface area contributed by atoms with Gasteiger partial charge in [0.25, 0.3) is 0 Å². The molecule has 0 saturated carbocycles. The van der Waals surface area contributed by atoms with Gasteiger partial charge < -0.3 is 5.73 Å². The number of nitrogens with zero attached hydrogens (tertiary/aromatic N) is 1. The van der Waals surface area contributed by atoms with Crippen LogP contribution in [-0.2, 0) is 6.42 Å². The number of hydrogen-bond acceptors (Lipinski definition) is 1. The maximum absolute atomic E-state index is 6.07. The average molecular weight is 271 g/mol. The topological polar surface area (TPSA) is 38.4 Å². The van der Waals surface area contributed by atoms with Crippen molar-refractivity contribution in [3.8, 4) is 0 Å². The van der Waals surface area contributed by atoms with Gasteiger partial charge in [0.1, 0.15) is 11.0 Å². The van der Waals surface area contributed by atoms with E-state index in [1.807, 2.05) is 66.7 Å². The summed E-state index contributed by atoms with van der Waals surface area (Å²) in [6.45, 7) is 0. The molecule has 0 aliphatic carbocycles. The molecule has 0 aliphatic heterocycles. The second kappa shape index (κ2) is 6.76. The molecule has 0 heterocycles. The lowest BCUT2D eigenvalue weighted by Crippen LogP contribution is -2.12. The van der Waals surface area contributed by atoms with Crippen LogP contribution in [0.4, 0.5) is 0 Å². The molecule has 2 rings (SSSR count). The molecule has 19 heavy (non-hydrogen) atoms. The number of aliphatic imine (C=N–C) groups is 1. The van der Waals surface area contributed by atoms with Crippen molar-refractivity contribution in [3.63, 3.8) is 0 Å². The predicted molar refractivity (Wildman–Crippen MR) is 81.2 cm³/mol. The molecule has 96 valence electrons. The van der Waals surface area contributed by atoms with Gasteiger partial charge in [-0.2, -0.15) is 0 Å². The maximum Gasteiger partial charge on any atom is 0.132 e. The smallest absolute Gasteiger partial charge is 0.132 e. The average Bonchev–Trinajstić information content (AvgIpc) is 2.47.